The van der Waals surface area contributed by atoms with Crippen LogP contribution in [0.25, 0.3) is 0 Å². The van der Waals surface area contributed by atoms with Crippen LogP contribution < -0.4 is 10.6 Å². The van der Waals surface area contributed by atoms with Gasteiger partial charge in [-0.05, 0) is 37.5 Å². The zero-order valence-electron chi connectivity index (χ0n) is 15.8. The topological polar surface area (TPSA) is 89.2 Å². The molecule has 1 aromatic carbocycles. The lowest BCUT2D eigenvalue weighted by Gasteiger charge is -2.17. The number of benzene rings is 1. The van der Waals surface area contributed by atoms with Gasteiger partial charge < -0.3 is 19.6 Å². The van der Waals surface area contributed by atoms with Gasteiger partial charge in [0.25, 0.3) is 11.8 Å². The number of nitrogens with one attached hydrogen (secondary N) is 2. The molecule has 0 aliphatic carbocycles. The Hall–Kier alpha value is -3.42. The Morgan fingerprint density at radius 2 is 1.90 bits per heavy atom. The number of amides is 2. The maximum Gasteiger partial charge on any atom is 0.287 e. The number of imidazole rings is 1. The Bertz CT molecular complexity index is 1030. The Kier molecular flexibility index (Phi) is 5.41. The quantitative estimate of drug-likeness (QED) is 0.671. The molecule has 1 aliphatic heterocycles. The van der Waals surface area contributed by atoms with Crippen molar-refractivity contribution >= 4 is 11.8 Å². The van der Waals surface area contributed by atoms with Crippen molar-refractivity contribution in [1.29, 1.82) is 0 Å². The average Bonchev–Trinajstić information content (AvgIpc) is 3.39. The van der Waals surface area contributed by atoms with E-state index >= 15 is 0 Å². The van der Waals surface area contributed by atoms with Gasteiger partial charge in [-0.2, -0.15) is 0 Å². The maximum absolute atomic E-state index is 13.8. The molecule has 0 atom stereocenters. The minimum atomic E-state index is -0.413. The number of hydrogen-bond donors (Lipinski definition) is 2. The van der Waals surface area contributed by atoms with Crippen molar-refractivity contribution in [1.82, 2.24) is 20.2 Å². The molecule has 150 valence electrons. The van der Waals surface area contributed by atoms with Crippen LogP contribution in [0.4, 0.5) is 4.39 Å². The Labute approximate surface area is 166 Å². The van der Waals surface area contributed by atoms with Crippen molar-refractivity contribution in [2.24, 2.45) is 0 Å². The predicted molar refractivity (Wildman–Crippen MR) is 103 cm³/mol. The van der Waals surface area contributed by atoms with Crippen LogP contribution in [-0.4, -0.2) is 21.4 Å². The van der Waals surface area contributed by atoms with E-state index in [1.54, 1.807) is 34.9 Å². The largest absolute Gasteiger partial charge is 0.467 e. The first kappa shape index (κ1) is 18.9. The standard InChI is InChI=1S/C21H21FN4O3/c22-16-8-2-1-6-14(16)12-23-20(27)18-17-9-3-4-10-26(17)19(25-18)21(28)24-13-15-7-5-11-29-15/h1-2,5-8,11H,3-4,9-10,12-13H2,(H,23,27)(H,24,28). The van der Waals surface area contributed by atoms with Crippen LogP contribution in [0.15, 0.2) is 47.1 Å². The summed E-state index contributed by atoms with van der Waals surface area (Å²) in [6.45, 7) is 0.924. The lowest BCUT2D eigenvalue weighted by Crippen LogP contribution is -2.27. The van der Waals surface area contributed by atoms with Gasteiger partial charge in [0.15, 0.2) is 5.82 Å². The summed E-state index contributed by atoms with van der Waals surface area (Å²) in [6.07, 6.45) is 4.04. The van der Waals surface area contributed by atoms with E-state index in [9.17, 15) is 14.0 Å². The van der Waals surface area contributed by atoms with Crippen LogP contribution in [0.2, 0.25) is 0 Å². The molecule has 2 N–H and O–H groups in total. The highest BCUT2D eigenvalue weighted by molar-refractivity contribution is 5.97. The second kappa shape index (κ2) is 8.30. The number of furan rings is 1. The second-order valence-corrected chi connectivity index (χ2v) is 6.88. The van der Waals surface area contributed by atoms with Crippen molar-refractivity contribution in [3.63, 3.8) is 0 Å². The molecule has 8 heteroatoms. The molecular formula is C21H21FN4O3. The summed E-state index contributed by atoms with van der Waals surface area (Å²) in [5, 5.41) is 5.48. The van der Waals surface area contributed by atoms with Crippen molar-refractivity contribution in [2.75, 3.05) is 0 Å². The van der Waals surface area contributed by atoms with E-state index in [1.165, 1.54) is 12.3 Å². The minimum absolute atomic E-state index is 0.0534. The van der Waals surface area contributed by atoms with Gasteiger partial charge >= 0.3 is 0 Å². The fourth-order valence-corrected chi connectivity index (χ4v) is 3.46. The van der Waals surface area contributed by atoms with Crippen LogP contribution in [0.3, 0.4) is 0 Å². The van der Waals surface area contributed by atoms with Crippen LogP contribution in [-0.2, 0) is 26.1 Å². The smallest absolute Gasteiger partial charge is 0.287 e. The van der Waals surface area contributed by atoms with E-state index in [4.69, 9.17) is 4.42 Å². The molecule has 0 saturated carbocycles. The highest BCUT2D eigenvalue weighted by Gasteiger charge is 2.27. The van der Waals surface area contributed by atoms with Crippen molar-refractivity contribution in [3.05, 3.63) is 77.0 Å². The van der Waals surface area contributed by atoms with Gasteiger partial charge in [-0.3, -0.25) is 9.59 Å². The molecule has 3 aromatic rings. The third-order valence-corrected chi connectivity index (χ3v) is 4.94. The summed E-state index contributed by atoms with van der Waals surface area (Å²) < 4.78 is 20.8. The Morgan fingerprint density at radius 3 is 2.69 bits per heavy atom. The first-order valence-corrected chi connectivity index (χ1v) is 9.55. The summed E-state index contributed by atoms with van der Waals surface area (Å²) >= 11 is 0. The number of hydrogen-bond acceptors (Lipinski definition) is 4. The molecule has 2 aromatic heterocycles. The molecular weight excluding hydrogens is 375 g/mol. The fraction of sp³-hybridized carbons (Fsp3) is 0.286. The van der Waals surface area contributed by atoms with Crippen molar-refractivity contribution in [2.45, 2.75) is 38.9 Å². The van der Waals surface area contributed by atoms with Gasteiger partial charge in [0.2, 0.25) is 0 Å². The zero-order valence-corrected chi connectivity index (χ0v) is 15.8. The van der Waals surface area contributed by atoms with Crippen LogP contribution in [0.1, 0.15) is 51.0 Å². The number of carbonyl (C=O) groups excluding carboxylic acids is 2. The summed E-state index contributed by atoms with van der Waals surface area (Å²) in [5.74, 6) is -0.312. The van der Waals surface area contributed by atoms with E-state index in [0.717, 1.165) is 18.5 Å². The van der Waals surface area contributed by atoms with Crippen molar-refractivity contribution < 1.29 is 18.4 Å². The average molecular weight is 396 g/mol. The molecule has 0 unspecified atom stereocenters. The van der Waals surface area contributed by atoms with E-state index in [2.05, 4.69) is 15.6 Å². The molecule has 7 nitrogen and oxygen atoms in total. The lowest BCUT2D eigenvalue weighted by atomic mass is 10.1. The Morgan fingerprint density at radius 1 is 1.07 bits per heavy atom. The molecule has 0 fully saturated rings. The van der Waals surface area contributed by atoms with E-state index in [-0.39, 0.29) is 36.3 Å². The summed E-state index contributed by atoms with van der Waals surface area (Å²) in [7, 11) is 0. The first-order valence-electron chi connectivity index (χ1n) is 9.55. The lowest BCUT2D eigenvalue weighted by molar-refractivity contribution is 0.0932. The third kappa shape index (κ3) is 4.06. The molecule has 0 radical (unpaired) electrons. The molecule has 29 heavy (non-hydrogen) atoms. The second-order valence-electron chi connectivity index (χ2n) is 6.88. The summed E-state index contributed by atoms with van der Waals surface area (Å²) in [5.41, 5.74) is 1.36. The summed E-state index contributed by atoms with van der Waals surface area (Å²) in [6, 6.07) is 9.79. The normalized spacial score (nSPS) is 13.0. The van der Waals surface area contributed by atoms with Gasteiger partial charge in [0, 0.05) is 18.7 Å². The SMILES string of the molecule is O=C(NCc1ccccc1F)c1nc(C(=O)NCc2ccco2)n2c1CCCC2. The van der Waals surface area contributed by atoms with Crippen LogP contribution >= 0.6 is 0 Å². The number of halogens is 1. The Balaban J connectivity index is 1.51. The molecule has 3 heterocycles. The molecule has 0 saturated heterocycles. The number of nitrogens with zero attached hydrogens (tertiary/aromatic N) is 2. The van der Waals surface area contributed by atoms with Gasteiger partial charge in [0.1, 0.15) is 17.3 Å². The van der Waals surface area contributed by atoms with E-state index in [0.29, 0.717) is 24.3 Å². The maximum atomic E-state index is 13.8. The molecule has 0 bridgehead atoms. The van der Waals surface area contributed by atoms with E-state index < -0.39 is 5.91 Å². The molecule has 2 amide bonds. The van der Waals surface area contributed by atoms with Crippen LogP contribution in [0.5, 0.6) is 0 Å². The van der Waals surface area contributed by atoms with Gasteiger partial charge in [-0.15, -0.1) is 0 Å². The highest BCUT2D eigenvalue weighted by atomic mass is 19.1. The van der Waals surface area contributed by atoms with Gasteiger partial charge in [0.05, 0.1) is 18.5 Å². The van der Waals surface area contributed by atoms with E-state index in [1.807, 2.05) is 0 Å². The monoisotopic (exact) mass is 396 g/mol. The number of carbonyl (C=O) groups is 2. The molecule has 4 rings (SSSR count). The molecule has 0 spiro atoms. The van der Waals surface area contributed by atoms with Crippen LogP contribution in [0, 0.1) is 5.82 Å². The first-order chi connectivity index (χ1) is 14.1. The number of rotatable bonds is 6. The van der Waals surface area contributed by atoms with Gasteiger partial charge in [-0.25, -0.2) is 9.37 Å². The number of aromatic nitrogens is 2. The van der Waals surface area contributed by atoms with Crippen molar-refractivity contribution in [3.8, 4) is 0 Å². The minimum Gasteiger partial charge on any atom is -0.467 e. The highest BCUT2D eigenvalue weighted by Crippen LogP contribution is 2.21. The molecule has 1 aliphatic rings. The van der Waals surface area contributed by atoms with Gasteiger partial charge in [-0.1, -0.05) is 18.2 Å². The zero-order chi connectivity index (χ0) is 20.2. The summed E-state index contributed by atoms with van der Waals surface area (Å²) in [4.78, 5) is 29.7. The predicted octanol–water partition coefficient (Wildman–Crippen LogP) is 2.81. The fourth-order valence-electron chi connectivity index (χ4n) is 3.46. The number of fused-ring (bicyclic) bond motifs is 1. The third-order valence-electron chi connectivity index (χ3n) is 4.94.